The van der Waals surface area contributed by atoms with Crippen LogP contribution < -0.4 is 14.8 Å². The fourth-order valence-electron chi connectivity index (χ4n) is 2.47. The molecule has 3 nitrogen and oxygen atoms in total. The lowest BCUT2D eigenvalue weighted by Gasteiger charge is -2.21. The highest BCUT2D eigenvalue weighted by Crippen LogP contribution is 2.31. The van der Waals surface area contributed by atoms with Crippen LogP contribution in [-0.4, -0.2) is 25.8 Å². The number of fused-ring (bicyclic) bond motifs is 1. The van der Waals surface area contributed by atoms with Crippen molar-refractivity contribution in [3.05, 3.63) is 23.8 Å². The summed E-state index contributed by atoms with van der Waals surface area (Å²) in [7, 11) is 0. The van der Waals surface area contributed by atoms with E-state index in [1.807, 2.05) is 6.07 Å². The lowest BCUT2D eigenvalue weighted by Crippen LogP contribution is -2.31. The molecule has 0 aliphatic carbocycles. The number of halogens is 1. The predicted octanol–water partition coefficient (Wildman–Crippen LogP) is 3.59. The Morgan fingerprint density at radius 1 is 1.10 bits per heavy atom. The second kappa shape index (κ2) is 9.09. The SMILES string of the molecule is CCCNC(CCC)Cc1ccc2c(c1)OCCO2.Cl. The first-order chi connectivity index (χ1) is 9.33. The van der Waals surface area contributed by atoms with Crippen LogP contribution in [0, 0.1) is 0 Å². The number of benzene rings is 1. The molecule has 1 unspecified atom stereocenters. The van der Waals surface area contributed by atoms with Crippen molar-refractivity contribution < 1.29 is 9.47 Å². The summed E-state index contributed by atoms with van der Waals surface area (Å²) in [5.41, 5.74) is 1.33. The van der Waals surface area contributed by atoms with Crippen molar-refractivity contribution in [1.82, 2.24) is 5.32 Å². The molecule has 4 heteroatoms. The summed E-state index contributed by atoms with van der Waals surface area (Å²) in [4.78, 5) is 0. The van der Waals surface area contributed by atoms with Gasteiger partial charge in [-0.25, -0.2) is 0 Å². The molecule has 1 N–H and O–H groups in total. The van der Waals surface area contributed by atoms with Crippen LogP contribution in [0.2, 0.25) is 0 Å². The van der Waals surface area contributed by atoms with Crippen molar-refractivity contribution in [2.24, 2.45) is 0 Å². The molecule has 0 bridgehead atoms. The van der Waals surface area contributed by atoms with E-state index in [0.717, 1.165) is 24.5 Å². The van der Waals surface area contributed by atoms with E-state index < -0.39 is 0 Å². The molecule has 114 valence electrons. The van der Waals surface area contributed by atoms with Crippen LogP contribution in [0.15, 0.2) is 18.2 Å². The van der Waals surface area contributed by atoms with Crippen molar-refractivity contribution in [2.75, 3.05) is 19.8 Å². The van der Waals surface area contributed by atoms with E-state index >= 15 is 0 Å². The molecule has 1 atom stereocenters. The molecule has 0 saturated carbocycles. The Hall–Kier alpha value is -0.930. The molecular formula is C16H26ClNO2. The van der Waals surface area contributed by atoms with E-state index in [9.17, 15) is 0 Å². The van der Waals surface area contributed by atoms with Gasteiger partial charge in [0.25, 0.3) is 0 Å². The maximum Gasteiger partial charge on any atom is 0.161 e. The summed E-state index contributed by atoms with van der Waals surface area (Å²) < 4.78 is 11.2. The van der Waals surface area contributed by atoms with E-state index in [1.165, 1.54) is 24.8 Å². The van der Waals surface area contributed by atoms with Gasteiger partial charge in [0.15, 0.2) is 11.5 Å². The molecule has 1 aliphatic heterocycles. The summed E-state index contributed by atoms with van der Waals surface area (Å²) in [6, 6.07) is 6.88. The Bertz CT molecular complexity index is 398. The van der Waals surface area contributed by atoms with Gasteiger partial charge < -0.3 is 14.8 Å². The molecule has 0 saturated heterocycles. The Labute approximate surface area is 128 Å². The van der Waals surface area contributed by atoms with E-state index in [0.29, 0.717) is 19.3 Å². The van der Waals surface area contributed by atoms with E-state index in [4.69, 9.17) is 9.47 Å². The van der Waals surface area contributed by atoms with Crippen LogP contribution in [0.1, 0.15) is 38.7 Å². The predicted molar refractivity (Wildman–Crippen MR) is 85.4 cm³/mol. The minimum atomic E-state index is 0. The Kier molecular flexibility index (Phi) is 7.78. The number of ether oxygens (including phenoxy) is 2. The van der Waals surface area contributed by atoms with Crippen molar-refractivity contribution in [2.45, 2.75) is 45.6 Å². The minimum Gasteiger partial charge on any atom is -0.486 e. The number of hydrogen-bond acceptors (Lipinski definition) is 3. The molecule has 0 spiro atoms. The average Bonchev–Trinajstić information content (AvgIpc) is 2.45. The largest absolute Gasteiger partial charge is 0.486 e. The fraction of sp³-hybridized carbons (Fsp3) is 0.625. The highest BCUT2D eigenvalue weighted by atomic mass is 35.5. The Morgan fingerprint density at radius 2 is 1.85 bits per heavy atom. The normalized spacial score (nSPS) is 14.5. The number of rotatable bonds is 7. The molecule has 0 aromatic heterocycles. The van der Waals surface area contributed by atoms with Gasteiger partial charge in [-0.15, -0.1) is 12.4 Å². The summed E-state index contributed by atoms with van der Waals surface area (Å²) in [5.74, 6) is 1.78. The summed E-state index contributed by atoms with van der Waals surface area (Å²) in [5, 5.41) is 3.63. The van der Waals surface area contributed by atoms with Crippen molar-refractivity contribution in [1.29, 1.82) is 0 Å². The third-order valence-electron chi connectivity index (χ3n) is 3.41. The van der Waals surface area contributed by atoms with Crippen LogP contribution >= 0.6 is 12.4 Å². The first-order valence-electron chi connectivity index (χ1n) is 7.45. The zero-order chi connectivity index (χ0) is 13.5. The van der Waals surface area contributed by atoms with Gasteiger partial charge in [-0.1, -0.05) is 26.3 Å². The van der Waals surface area contributed by atoms with Crippen LogP contribution in [-0.2, 0) is 6.42 Å². The molecule has 1 aromatic rings. The van der Waals surface area contributed by atoms with Crippen molar-refractivity contribution in [3.63, 3.8) is 0 Å². The first kappa shape index (κ1) is 17.1. The summed E-state index contributed by atoms with van der Waals surface area (Å²) >= 11 is 0. The molecule has 2 rings (SSSR count). The van der Waals surface area contributed by atoms with Gasteiger partial charge in [-0.05, 0) is 43.5 Å². The molecule has 0 fully saturated rings. The van der Waals surface area contributed by atoms with Gasteiger partial charge in [-0.2, -0.15) is 0 Å². The summed E-state index contributed by atoms with van der Waals surface area (Å²) in [6.45, 7) is 6.85. The van der Waals surface area contributed by atoms with Gasteiger partial charge in [0.2, 0.25) is 0 Å². The van der Waals surface area contributed by atoms with Crippen LogP contribution in [0.4, 0.5) is 0 Å². The highest BCUT2D eigenvalue weighted by Gasteiger charge is 2.14. The molecule has 1 aliphatic rings. The van der Waals surface area contributed by atoms with Gasteiger partial charge in [0, 0.05) is 6.04 Å². The van der Waals surface area contributed by atoms with Crippen molar-refractivity contribution >= 4 is 12.4 Å². The van der Waals surface area contributed by atoms with Crippen LogP contribution in [0.3, 0.4) is 0 Å². The fourth-order valence-corrected chi connectivity index (χ4v) is 2.47. The number of hydrogen-bond donors (Lipinski definition) is 1. The number of nitrogens with one attached hydrogen (secondary N) is 1. The molecule has 1 heterocycles. The third-order valence-corrected chi connectivity index (χ3v) is 3.41. The molecular weight excluding hydrogens is 274 g/mol. The maximum absolute atomic E-state index is 5.64. The van der Waals surface area contributed by atoms with Crippen LogP contribution in [0.25, 0.3) is 0 Å². The molecule has 0 radical (unpaired) electrons. The van der Waals surface area contributed by atoms with Crippen LogP contribution in [0.5, 0.6) is 11.5 Å². The highest BCUT2D eigenvalue weighted by molar-refractivity contribution is 5.85. The third kappa shape index (κ3) is 4.88. The average molecular weight is 300 g/mol. The molecule has 0 amide bonds. The topological polar surface area (TPSA) is 30.5 Å². The standard InChI is InChI=1S/C16H25NO2.ClH/c1-3-5-14(17-8-4-2)11-13-6-7-15-16(12-13)19-10-9-18-15;/h6-7,12,14,17H,3-5,8-11H2,1-2H3;1H. The monoisotopic (exact) mass is 299 g/mol. The minimum absolute atomic E-state index is 0. The lowest BCUT2D eigenvalue weighted by molar-refractivity contribution is 0.171. The quantitative estimate of drug-likeness (QED) is 0.834. The zero-order valence-corrected chi connectivity index (χ0v) is 13.3. The molecule has 20 heavy (non-hydrogen) atoms. The first-order valence-corrected chi connectivity index (χ1v) is 7.45. The Balaban J connectivity index is 0.00000200. The van der Waals surface area contributed by atoms with Gasteiger partial charge in [-0.3, -0.25) is 0 Å². The second-order valence-corrected chi connectivity index (χ2v) is 5.12. The van der Waals surface area contributed by atoms with E-state index in [2.05, 4.69) is 31.3 Å². The van der Waals surface area contributed by atoms with Gasteiger partial charge in [0.05, 0.1) is 0 Å². The second-order valence-electron chi connectivity index (χ2n) is 5.12. The van der Waals surface area contributed by atoms with Crippen molar-refractivity contribution in [3.8, 4) is 11.5 Å². The van der Waals surface area contributed by atoms with E-state index in [-0.39, 0.29) is 12.4 Å². The smallest absolute Gasteiger partial charge is 0.161 e. The van der Waals surface area contributed by atoms with Gasteiger partial charge in [0.1, 0.15) is 13.2 Å². The van der Waals surface area contributed by atoms with Gasteiger partial charge >= 0.3 is 0 Å². The zero-order valence-electron chi connectivity index (χ0n) is 12.5. The Morgan fingerprint density at radius 3 is 2.55 bits per heavy atom. The maximum atomic E-state index is 5.64. The lowest BCUT2D eigenvalue weighted by atomic mass is 10.0. The summed E-state index contributed by atoms with van der Waals surface area (Å²) in [6.07, 6.45) is 4.67. The van der Waals surface area contributed by atoms with E-state index in [1.54, 1.807) is 0 Å². The molecule has 1 aromatic carbocycles.